The fraction of sp³-hybridized carbons (Fsp3) is 0.0870. The van der Waals surface area contributed by atoms with Gasteiger partial charge in [0.25, 0.3) is 5.91 Å². The molecule has 0 saturated carbocycles. The molecule has 2 heterocycles. The first-order valence-corrected chi connectivity index (χ1v) is 9.67. The molecule has 0 bridgehead atoms. The van der Waals surface area contributed by atoms with E-state index < -0.39 is 0 Å². The van der Waals surface area contributed by atoms with Gasteiger partial charge in [0, 0.05) is 10.4 Å². The number of rotatable bonds is 6. The molecule has 0 N–H and O–H groups in total. The lowest BCUT2D eigenvalue weighted by molar-refractivity contribution is 0.0719. The van der Waals surface area contributed by atoms with Crippen molar-refractivity contribution in [1.82, 2.24) is 4.90 Å². The summed E-state index contributed by atoms with van der Waals surface area (Å²) in [6, 6.07) is 25.7. The van der Waals surface area contributed by atoms with Gasteiger partial charge >= 0.3 is 0 Å². The van der Waals surface area contributed by atoms with Crippen molar-refractivity contribution >= 4 is 17.2 Å². The van der Waals surface area contributed by atoms with Crippen LogP contribution in [0.1, 0.15) is 21.0 Å². The van der Waals surface area contributed by atoms with Gasteiger partial charge < -0.3 is 9.32 Å². The molecule has 0 aliphatic heterocycles. The molecule has 0 fully saturated rings. The van der Waals surface area contributed by atoms with E-state index in [2.05, 4.69) is 12.1 Å². The highest BCUT2D eigenvalue weighted by atomic mass is 32.1. The predicted molar refractivity (Wildman–Crippen MR) is 108 cm³/mol. The number of amides is 1. The van der Waals surface area contributed by atoms with Crippen LogP contribution in [0.15, 0.2) is 94.9 Å². The lowest BCUT2D eigenvalue weighted by atomic mass is 10.0. The van der Waals surface area contributed by atoms with Gasteiger partial charge in [-0.05, 0) is 46.8 Å². The van der Waals surface area contributed by atoms with Gasteiger partial charge in [-0.2, -0.15) is 0 Å². The van der Waals surface area contributed by atoms with E-state index in [4.69, 9.17) is 4.42 Å². The lowest BCUT2D eigenvalue weighted by Crippen LogP contribution is -2.29. The van der Waals surface area contributed by atoms with Crippen LogP contribution in [0.25, 0.3) is 11.1 Å². The topological polar surface area (TPSA) is 33.5 Å². The standard InChI is InChI=1S/C23H19NO2S/c25-23(20-12-10-19(11-13-20)18-6-2-1-3-7-18)24(16-21-8-4-14-26-21)17-22-9-5-15-27-22/h1-15H,16-17H2. The molecular formula is C23H19NO2S. The fourth-order valence-electron chi connectivity index (χ4n) is 3.00. The summed E-state index contributed by atoms with van der Waals surface area (Å²) in [5.74, 6) is 0.778. The molecule has 27 heavy (non-hydrogen) atoms. The second kappa shape index (κ2) is 8.06. The summed E-state index contributed by atoms with van der Waals surface area (Å²) in [7, 11) is 0. The molecule has 0 aliphatic carbocycles. The van der Waals surface area contributed by atoms with Crippen LogP contribution in [0, 0.1) is 0 Å². The van der Waals surface area contributed by atoms with Crippen LogP contribution in [-0.2, 0) is 13.1 Å². The molecule has 0 atom stereocenters. The number of nitrogens with zero attached hydrogens (tertiary/aromatic N) is 1. The smallest absolute Gasteiger partial charge is 0.254 e. The lowest BCUT2D eigenvalue weighted by Gasteiger charge is -2.21. The van der Waals surface area contributed by atoms with Crippen LogP contribution < -0.4 is 0 Å². The average Bonchev–Trinajstić information content (AvgIpc) is 3.42. The molecule has 0 aliphatic rings. The van der Waals surface area contributed by atoms with E-state index in [0.29, 0.717) is 18.7 Å². The monoisotopic (exact) mass is 373 g/mol. The summed E-state index contributed by atoms with van der Waals surface area (Å²) in [5, 5.41) is 2.03. The fourth-order valence-corrected chi connectivity index (χ4v) is 3.72. The number of benzene rings is 2. The Morgan fingerprint density at radius 2 is 1.59 bits per heavy atom. The Bertz CT molecular complexity index is 939. The van der Waals surface area contributed by atoms with E-state index in [1.807, 2.05) is 77.0 Å². The van der Waals surface area contributed by atoms with Crippen LogP contribution in [-0.4, -0.2) is 10.8 Å². The van der Waals surface area contributed by atoms with Crippen molar-refractivity contribution in [1.29, 1.82) is 0 Å². The van der Waals surface area contributed by atoms with Crippen LogP contribution in [0.2, 0.25) is 0 Å². The largest absolute Gasteiger partial charge is 0.467 e. The number of thiophene rings is 1. The van der Waals surface area contributed by atoms with Gasteiger partial charge in [0.1, 0.15) is 5.76 Å². The molecule has 2 aromatic carbocycles. The highest BCUT2D eigenvalue weighted by molar-refractivity contribution is 7.09. The minimum Gasteiger partial charge on any atom is -0.467 e. The van der Waals surface area contributed by atoms with Crippen molar-refractivity contribution in [3.05, 3.63) is 107 Å². The second-order valence-corrected chi connectivity index (χ2v) is 7.30. The number of carbonyl (C=O) groups is 1. The van der Waals surface area contributed by atoms with E-state index in [1.165, 1.54) is 0 Å². The van der Waals surface area contributed by atoms with Crippen molar-refractivity contribution in [3.63, 3.8) is 0 Å². The Morgan fingerprint density at radius 1 is 0.815 bits per heavy atom. The van der Waals surface area contributed by atoms with Crippen molar-refractivity contribution in [2.24, 2.45) is 0 Å². The number of hydrogen-bond donors (Lipinski definition) is 0. The predicted octanol–water partition coefficient (Wildman–Crippen LogP) is 5.85. The zero-order chi connectivity index (χ0) is 18.5. The highest BCUT2D eigenvalue weighted by Crippen LogP contribution is 2.22. The van der Waals surface area contributed by atoms with Crippen LogP contribution in [0.5, 0.6) is 0 Å². The second-order valence-electron chi connectivity index (χ2n) is 6.26. The molecule has 3 nitrogen and oxygen atoms in total. The molecule has 0 unspecified atom stereocenters. The molecule has 2 aromatic heterocycles. The van der Waals surface area contributed by atoms with Gasteiger partial charge in [0.2, 0.25) is 0 Å². The Hall–Kier alpha value is -3.11. The van der Waals surface area contributed by atoms with E-state index in [1.54, 1.807) is 17.6 Å². The van der Waals surface area contributed by atoms with Crippen LogP contribution >= 0.6 is 11.3 Å². The summed E-state index contributed by atoms with van der Waals surface area (Å²) in [5.41, 5.74) is 2.92. The third-order valence-electron chi connectivity index (χ3n) is 4.38. The number of carbonyl (C=O) groups excluding carboxylic acids is 1. The van der Waals surface area contributed by atoms with E-state index in [0.717, 1.165) is 21.8 Å². The van der Waals surface area contributed by atoms with Crippen molar-refractivity contribution in [2.45, 2.75) is 13.1 Å². The van der Waals surface area contributed by atoms with Gasteiger partial charge in [-0.25, -0.2) is 0 Å². The van der Waals surface area contributed by atoms with Gasteiger partial charge in [0.05, 0.1) is 19.4 Å². The molecule has 4 heteroatoms. The molecule has 0 spiro atoms. The van der Waals surface area contributed by atoms with Gasteiger partial charge in [-0.1, -0.05) is 48.5 Å². The molecule has 4 aromatic rings. The Morgan fingerprint density at radius 3 is 2.26 bits per heavy atom. The Labute approximate surface area is 162 Å². The maximum atomic E-state index is 13.1. The van der Waals surface area contributed by atoms with Crippen molar-refractivity contribution < 1.29 is 9.21 Å². The zero-order valence-electron chi connectivity index (χ0n) is 14.7. The maximum Gasteiger partial charge on any atom is 0.254 e. The quantitative estimate of drug-likeness (QED) is 0.425. The molecule has 0 radical (unpaired) electrons. The summed E-state index contributed by atoms with van der Waals surface area (Å²) in [6.45, 7) is 1.02. The normalized spacial score (nSPS) is 10.7. The Balaban J connectivity index is 1.56. The summed E-state index contributed by atoms with van der Waals surface area (Å²) in [6.07, 6.45) is 1.64. The SMILES string of the molecule is O=C(c1ccc(-c2ccccc2)cc1)N(Cc1ccco1)Cc1cccs1. The minimum absolute atomic E-state index is 0.000545. The number of furan rings is 1. The maximum absolute atomic E-state index is 13.1. The first kappa shape index (κ1) is 17.3. The highest BCUT2D eigenvalue weighted by Gasteiger charge is 2.18. The first-order valence-electron chi connectivity index (χ1n) is 8.79. The van der Waals surface area contributed by atoms with Crippen LogP contribution in [0.3, 0.4) is 0 Å². The molecule has 0 saturated heterocycles. The third kappa shape index (κ3) is 4.18. The van der Waals surface area contributed by atoms with Gasteiger partial charge in [-0.15, -0.1) is 11.3 Å². The molecule has 134 valence electrons. The molecule has 1 amide bonds. The van der Waals surface area contributed by atoms with E-state index in [9.17, 15) is 4.79 Å². The Kier molecular flexibility index (Phi) is 5.17. The average molecular weight is 373 g/mol. The number of hydrogen-bond acceptors (Lipinski definition) is 3. The van der Waals surface area contributed by atoms with Crippen molar-refractivity contribution in [2.75, 3.05) is 0 Å². The van der Waals surface area contributed by atoms with Crippen LogP contribution in [0.4, 0.5) is 0 Å². The van der Waals surface area contributed by atoms with E-state index >= 15 is 0 Å². The summed E-state index contributed by atoms with van der Waals surface area (Å²) >= 11 is 1.65. The third-order valence-corrected chi connectivity index (χ3v) is 5.24. The minimum atomic E-state index is -0.000545. The molecular weight excluding hydrogens is 354 g/mol. The van der Waals surface area contributed by atoms with Gasteiger partial charge in [0.15, 0.2) is 0 Å². The summed E-state index contributed by atoms with van der Waals surface area (Å²) < 4.78 is 5.46. The van der Waals surface area contributed by atoms with Gasteiger partial charge in [-0.3, -0.25) is 4.79 Å². The summed E-state index contributed by atoms with van der Waals surface area (Å²) in [4.78, 5) is 16.1. The first-order chi connectivity index (χ1) is 13.3. The van der Waals surface area contributed by atoms with E-state index in [-0.39, 0.29) is 5.91 Å². The zero-order valence-corrected chi connectivity index (χ0v) is 15.6. The molecule has 4 rings (SSSR count). The van der Waals surface area contributed by atoms with Crippen molar-refractivity contribution in [3.8, 4) is 11.1 Å².